The van der Waals surface area contributed by atoms with Crippen LogP contribution in [0.1, 0.15) is 18.4 Å². The van der Waals surface area contributed by atoms with E-state index >= 15 is 0 Å². The number of fused-ring (bicyclic) bond motifs is 1. The van der Waals surface area contributed by atoms with Crippen LogP contribution in [0.5, 0.6) is 5.75 Å². The maximum atomic E-state index is 6.10. The normalized spacial score (nSPS) is 18.2. The van der Waals surface area contributed by atoms with Crippen LogP contribution in [0, 0.1) is 0 Å². The summed E-state index contributed by atoms with van der Waals surface area (Å²) in [6.07, 6.45) is 7.27. The Balaban J connectivity index is 1.46. The molecule has 5 rings (SSSR count). The van der Waals surface area contributed by atoms with E-state index < -0.39 is 0 Å². The molecule has 0 N–H and O–H groups in total. The molecule has 0 bridgehead atoms. The molecule has 0 radical (unpaired) electrons. The second-order valence-corrected chi connectivity index (χ2v) is 8.19. The number of hydrogen-bond acceptors (Lipinski definition) is 6. The number of imidazole rings is 1. The van der Waals surface area contributed by atoms with Crippen molar-refractivity contribution in [2.24, 2.45) is 0 Å². The van der Waals surface area contributed by atoms with Crippen LogP contribution in [-0.4, -0.2) is 50.7 Å². The Labute approximate surface area is 181 Å². The van der Waals surface area contributed by atoms with Gasteiger partial charge in [-0.3, -0.25) is 0 Å². The van der Waals surface area contributed by atoms with Gasteiger partial charge in [0.2, 0.25) is 0 Å². The molecule has 0 saturated heterocycles. The first-order chi connectivity index (χ1) is 15.2. The molecule has 0 spiro atoms. The van der Waals surface area contributed by atoms with Crippen molar-refractivity contribution in [2.75, 3.05) is 19.0 Å². The summed E-state index contributed by atoms with van der Waals surface area (Å²) in [4.78, 5) is 13.5. The van der Waals surface area contributed by atoms with Crippen molar-refractivity contribution in [1.29, 1.82) is 0 Å². The van der Waals surface area contributed by atoms with Crippen molar-refractivity contribution in [3.05, 3.63) is 79.0 Å². The van der Waals surface area contributed by atoms with Crippen LogP contribution in [0.3, 0.4) is 0 Å². The molecule has 1 aliphatic carbocycles. The lowest BCUT2D eigenvalue weighted by Gasteiger charge is -2.46. The van der Waals surface area contributed by atoms with Gasteiger partial charge in [0.25, 0.3) is 0 Å². The molecule has 4 aromatic rings. The van der Waals surface area contributed by atoms with E-state index in [-0.39, 0.29) is 0 Å². The van der Waals surface area contributed by atoms with Gasteiger partial charge in [-0.05, 0) is 44.6 Å². The van der Waals surface area contributed by atoms with Crippen molar-refractivity contribution in [1.82, 2.24) is 24.5 Å². The third kappa shape index (κ3) is 3.96. The molecule has 158 valence electrons. The fourth-order valence-electron chi connectivity index (χ4n) is 4.09. The predicted octanol–water partition coefficient (Wildman–Crippen LogP) is 3.93. The van der Waals surface area contributed by atoms with E-state index in [4.69, 9.17) is 4.74 Å². The smallest absolute Gasteiger partial charge is 0.162 e. The number of ether oxygens (including phenoxy) is 1. The van der Waals surface area contributed by atoms with Crippen molar-refractivity contribution < 1.29 is 4.74 Å². The molecule has 7 nitrogen and oxygen atoms in total. The summed E-state index contributed by atoms with van der Waals surface area (Å²) < 4.78 is 7.87. The SMILES string of the molecule is CN(C)C1CC(N(c2cccc(OCc3ccccc3)c2)c2ncnn3cncc23)C1. The summed E-state index contributed by atoms with van der Waals surface area (Å²) in [5, 5.41) is 4.29. The summed E-state index contributed by atoms with van der Waals surface area (Å²) in [6, 6.07) is 19.4. The average Bonchev–Trinajstić information content (AvgIpc) is 3.24. The van der Waals surface area contributed by atoms with Gasteiger partial charge in [0.1, 0.15) is 30.5 Å². The number of rotatable bonds is 7. The first kappa shape index (κ1) is 19.5. The average molecular weight is 415 g/mol. The Morgan fingerprint density at radius 3 is 2.68 bits per heavy atom. The molecule has 2 aromatic carbocycles. The van der Waals surface area contributed by atoms with Crippen LogP contribution in [0.15, 0.2) is 73.4 Å². The van der Waals surface area contributed by atoms with Crippen LogP contribution in [0.2, 0.25) is 0 Å². The van der Waals surface area contributed by atoms with Gasteiger partial charge in [-0.15, -0.1) is 0 Å². The standard InChI is InChI=1S/C24H26N6O/c1-28(2)20-11-21(12-20)30(24-23-14-25-17-29(23)27-16-26-24)19-9-6-10-22(13-19)31-15-18-7-4-3-5-8-18/h3-10,13-14,16-17,20-21H,11-12,15H2,1-2H3. The topological polar surface area (TPSA) is 58.8 Å². The molecule has 31 heavy (non-hydrogen) atoms. The lowest BCUT2D eigenvalue weighted by atomic mass is 9.84. The Morgan fingerprint density at radius 2 is 1.87 bits per heavy atom. The lowest BCUT2D eigenvalue weighted by molar-refractivity contribution is 0.167. The molecule has 1 aliphatic rings. The van der Waals surface area contributed by atoms with E-state index in [1.807, 2.05) is 36.5 Å². The second-order valence-electron chi connectivity index (χ2n) is 8.19. The lowest BCUT2D eigenvalue weighted by Crippen LogP contribution is -2.51. The Morgan fingerprint density at radius 1 is 1.03 bits per heavy atom. The van der Waals surface area contributed by atoms with Gasteiger partial charge in [0.15, 0.2) is 5.82 Å². The minimum absolute atomic E-state index is 0.352. The zero-order chi connectivity index (χ0) is 21.2. The zero-order valence-corrected chi connectivity index (χ0v) is 17.8. The molecule has 2 aromatic heterocycles. The van der Waals surface area contributed by atoms with Gasteiger partial charge in [-0.1, -0.05) is 36.4 Å². The van der Waals surface area contributed by atoms with E-state index in [1.54, 1.807) is 17.2 Å². The molecule has 1 fully saturated rings. The minimum atomic E-state index is 0.352. The molecule has 7 heteroatoms. The summed E-state index contributed by atoms with van der Waals surface area (Å²) >= 11 is 0. The van der Waals surface area contributed by atoms with Gasteiger partial charge in [0.05, 0.1) is 6.20 Å². The number of nitrogens with zero attached hydrogens (tertiary/aromatic N) is 6. The van der Waals surface area contributed by atoms with Gasteiger partial charge in [-0.25, -0.2) is 14.5 Å². The van der Waals surface area contributed by atoms with E-state index in [2.05, 4.69) is 63.2 Å². The van der Waals surface area contributed by atoms with Crippen molar-refractivity contribution >= 4 is 17.0 Å². The molecular formula is C24H26N6O. The van der Waals surface area contributed by atoms with Crippen LogP contribution < -0.4 is 9.64 Å². The summed E-state index contributed by atoms with van der Waals surface area (Å²) in [7, 11) is 4.28. The van der Waals surface area contributed by atoms with Crippen molar-refractivity contribution in [3.63, 3.8) is 0 Å². The van der Waals surface area contributed by atoms with Gasteiger partial charge >= 0.3 is 0 Å². The monoisotopic (exact) mass is 414 g/mol. The molecule has 0 aliphatic heterocycles. The molecule has 0 atom stereocenters. The van der Waals surface area contributed by atoms with Crippen LogP contribution in [0.25, 0.3) is 5.52 Å². The number of benzene rings is 2. The van der Waals surface area contributed by atoms with Crippen LogP contribution in [0.4, 0.5) is 11.5 Å². The molecule has 2 heterocycles. The third-order valence-corrected chi connectivity index (χ3v) is 5.96. The maximum absolute atomic E-state index is 6.10. The highest BCUT2D eigenvalue weighted by molar-refractivity contribution is 5.75. The molecule has 0 unspecified atom stereocenters. The number of hydrogen-bond donors (Lipinski definition) is 0. The van der Waals surface area contributed by atoms with Gasteiger partial charge in [-0.2, -0.15) is 5.10 Å². The summed E-state index contributed by atoms with van der Waals surface area (Å²) in [5.41, 5.74) is 3.11. The zero-order valence-electron chi connectivity index (χ0n) is 17.8. The van der Waals surface area contributed by atoms with E-state index in [0.29, 0.717) is 18.7 Å². The summed E-state index contributed by atoms with van der Waals surface area (Å²) in [6.45, 7) is 0.538. The summed E-state index contributed by atoms with van der Waals surface area (Å²) in [5.74, 6) is 1.71. The largest absolute Gasteiger partial charge is 0.489 e. The fourth-order valence-corrected chi connectivity index (χ4v) is 4.09. The molecule has 0 amide bonds. The second kappa shape index (κ2) is 8.35. The highest BCUT2D eigenvalue weighted by Crippen LogP contribution is 2.39. The predicted molar refractivity (Wildman–Crippen MR) is 121 cm³/mol. The maximum Gasteiger partial charge on any atom is 0.162 e. The Bertz CT molecular complexity index is 1150. The third-order valence-electron chi connectivity index (χ3n) is 5.96. The van der Waals surface area contributed by atoms with E-state index in [1.165, 1.54) is 0 Å². The first-order valence-electron chi connectivity index (χ1n) is 10.5. The van der Waals surface area contributed by atoms with Crippen LogP contribution in [-0.2, 0) is 6.61 Å². The Kier molecular flexibility index (Phi) is 5.26. The van der Waals surface area contributed by atoms with Crippen molar-refractivity contribution in [3.8, 4) is 5.75 Å². The van der Waals surface area contributed by atoms with Crippen LogP contribution >= 0.6 is 0 Å². The molecule has 1 saturated carbocycles. The van der Waals surface area contributed by atoms with Crippen molar-refractivity contribution in [2.45, 2.75) is 31.5 Å². The highest BCUT2D eigenvalue weighted by atomic mass is 16.5. The van der Waals surface area contributed by atoms with Gasteiger partial charge < -0.3 is 14.5 Å². The quantitative estimate of drug-likeness (QED) is 0.457. The molecular weight excluding hydrogens is 388 g/mol. The number of aromatic nitrogens is 4. The van der Waals surface area contributed by atoms with E-state index in [0.717, 1.165) is 41.2 Å². The van der Waals surface area contributed by atoms with E-state index in [9.17, 15) is 0 Å². The fraction of sp³-hybridized carbons (Fsp3) is 0.292. The Hall–Kier alpha value is -3.45. The highest BCUT2D eigenvalue weighted by Gasteiger charge is 2.37. The first-order valence-corrected chi connectivity index (χ1v) is 10.5. The minimum Gasteiger partial charge on any atom is -0.489 e. The number of anilines is 2. The van der Waals surface area contributed by atoms with Gasteiger partial charge in [0, 0.05) is 23.8 Å².